The van der Waals surface area contributed by atoms with Crippen LogP contribution < -0.4 is 10.6 Å². The van der Waals surface area contributed by atoms with Crippen molar-refractivity contribution in [2.45, 2.75) is 89.8 Å². The van der Waals surface area contributed by atoms with Crippen LogP contribution in [0.15, 0.2) is 11.2 Å². The van der Waals surface area contributed by atoms with E-state index >= 15 is 0 Å². The van der Waals surface area contributed by atoms with Gasteiger partial charge in [-0.15, -0.1) is 0 Å². The highest BCUT2D eigenvalue weighted by molar-refractivity contribution is 5.80. The normalized spacial score (nSPS) is 23.0. The van der Waals surface area contributed by atoms with E-state index in [1.807, 2.05) is 0 Å². The molecule has 2 aliphatic rings. The number of aliphatic hydroxyl groups is 1. The molecule has 0 bridgehead atoms. The number of nitrogens with zero attached hydrogens (tertiary/aromatic N) is 3. The van der Waals surface area contributed by atoms with Gasteiger partial charge < -0.3 is 15.7 Å². The van der Waals surface area contributed by atoms with E-state index in [4.69, 9.17) is 10.1 Å². The van der Waals surface area contributed by atoms with E-state index in [0.717, 1.165) is 57.5 Å². The summed E-state index contributed by atoms with van der Waals surface area (Å²) in [6, 6.07) is 0.749. The summed E-state index contributed by atoms with van der Waals surface area (Å²) >= 11 is 0. The van der Waals surface area contributed by atoms with Gasteiger partial charge in [0.1, 0.15) is 0 Å². The maximum Gasteiger partial charge on any atom is 0.191 e. The fourth-order valence-corrected chi connectivity index (χ4v) is 4.01. The fourth-order valence-electron chi connectivity index (χ4n) is 4.01. The van der Waals surface area contributed by atoms with Crippen molar-refractivity contribution in [2.24, 2.45) is 4.99 Å². The van der Waals surface area contributed by atoms with E-state index in [0.29, 0.717) is 18.6 Å². The van der Waals surface area contributed by atoms with Crippen molar-refractivity contribution in [3.8, 4) is 0 Å². The van der Waals surface area contributed by atoms with Crippen molar-refractivity contribution >= 4 is 5.96 Å². The highest BCUT2D eigenvalue weighted by Gasteiger charge is 2.29. The zero-order chi connectivity index (χ0) is 18.6. The second-order valence-electron chi connectivity index (χ2n) is 8.24. The molecule has 1 fully saturated rings. The Morgan fingerprint density at radius 2 is 2.15 bits per heavy atom. The van der Waals surface area contributed by atoms with Gasteiger partial charge in [0.2, 0.25) is 0 Å². The molecule has 1 saturated carbocycles. The molecule has 6 nitrogen and oxygen atoms in total. The van der Waals surface area contributed by atoms with Gasteiger partial charge in [-0.05, 0) is 52.0 Å². The van der Waals surface area contributed by atoms with Gasteiger partial charge in [-0.1, -0.05) is 19.3 Å². The van der Waals surface area contributed by atoms with E-state index < -0.39 is 5.60 Å². The summed E-state index contributed by atoms with van der Waals surface area (Å²) in [4.78, 5) is 4.71. The van der Waals surface area contributed by atoms with Crippen molar-refractivity contribution in [3.63, 3.8) is 0 Å². The predicted molar refractivity (Wildman–Crippen MR) is 106 cm³/mol. The van der Waals surface area contributed by atoms with Crippen LogP contribution in [0.4, 0.5) is 0 Å². The molecule has 3 rings (SSSR count). The maximum absolute atomic E-state index is 10.7. The molecule has 146 valence electrons. The predicted octanol–water partition coefficient (Wildman–Crippen LogP) is 2.57. The summed E-state index contributed by atoms with van der Waals surface area (Å²) in [6.45, 7) is 7.72. The number of aryl methyl sites for hydroxylation is 1. The Kier molecular flexibility index (Phi) is 6.22. The molecule has 3 N–H and O–H groups in total. The molecule has 0 amide bonds. The van der Waals surface area contributed by atoms with Crippen molar-refractivity contribution in [2.75, 3.05) is 13.1 Å². The first-order chi connectivity index (χ1) is 12.5. The molecule has 26 heavy (non-hydrogen) atoms. The molecular weight excluding hydrogens is 326 g/mol. The smallest absolute Gasteiger partial charge is 0.191 e. The third-order valence-electron chi connectivity index (χ3n) is 5.63. The average molecular weight is 362 g/mol. The number of fused-ring (bicyclic) bond motifs is 1. The van der Waals surface area contributed by atoms with Crippen LogP contribution in [-0.2, 0) is 12.8 Å². The SMILES string of the molecule is CCNC(=NCC1(O)CCCCC1)NC1CCc2cn(C(C)C)nc2C1. The van der Waals surface area contributed by atoms with Crippen LogP contribution in [0.3, 0.4) is 0 Å². The zero-order valence-corrected chi connectivity index (χ0v) is 16.6. The Balaban J connectivity index is 1.61. The third-order valence-corrected chi connectivity index (χ3v) is 5.63. The molecule has 0 aromatic carbocycles. The van der Waals surface area contributed by atoms with E-state index in [1.54, 1.807) is 0 Å². The molecule has 1 aromatic rings. The van der Waals surface area contributed by atoms with Crippen LogP contribution in [0.25, 0.3) is 0 Å². The number of rotatable bonds is 5. The molecule has 1 atom stereocenters. The monoisotopic (exact) mass is 361 g/mol. The highest BCUT2D eigenvalue weighted by Crippen LogP contribution is 2.28. The zero-order valence-electron chi connectivity index (χ0n) is 16.6. The molecule has 1 heterocycles. The first-order valence-electron chi connectivity index (χ1n) is 10.3. The highest BCUT2D eigenvalue weighted by atomic mass is 16.3. The van der Waals surface area contributed by atoms with Crippen LogP contribution in [0.2, 0.25) is 0 Å². The van der Waals surface area contributed by atoms with Gasteiger partial charge in [0.15, 0.2) is 5.96 Å². The second kappa shape index (κ2) is 8.42. The third kappa shape index (κ3) is 4.78. The van der Waals surface area contributed by atoms with Crippen LogP contribution >= 0.6 is 0 Å². The van der Waals surface area contributed by atoms with Gasteiger partial charge in [0, 0.05) is 31.2 Å². The summed E-state index contributed by atoms with van der Waals surface area (Å²) < 4.78 is 2.07. The summed E-state index contributed by atoms with van der Waals surface area (Å²) in [5.41, 5.74) is 1.98. The van der Waals surface area contributed by atoms with Crippen LogP contribution in [-0.4, -0.2) is 45.6 Å². The number of aromatic nitrogens is 2. The Morgan fingerprint density at radius 3 is 2.85 bits per heavy atom. The lowest BCUT2D eigenvalue weighted by Crippen LogP contribution is -2.46. The van der Waals surface area contributed by atoms with Crippen molar-refractivity contribution in [1.82, 2.24) is 20.4 Å². The second-order valence-corrected chi connectivity index (χ2v) is 8.24. The molecule has 1 aromatic heterocycles. The van der Waals surface area contributed by atoms with Gasteiger partial charge in [0.05, 0.1) is 17.8 Å². The first-order valence-corrected chi connectivity index (χ1v) is 10.3. The van der Waals surface area contributed by atoms with Crippen LogP contribution in [0, 0.1) is 0 Å². The van der Waals surface area contributed by atoms with Crippen LogP contribution in [0.1, 0.15) is 76.6 Å². The minimum atomic E-state index is -0.615. The Morgan fingerprint density at radius 1 is 1.38 bits per heavy atom. The Labute approximate surface area is 157 Å². The summed E-state index contributed by atoms with van der Waals surface area (Å²) in [6.07, 6.45) is 10.5. The number of aliphatic imine (C=N–C) groups is 1. The van der Waals surface area contributed by atoms with E-state index in [2.05, 4.69) is 42.3 Å². The largest absolute Gasteiger partial charge is 0.388 e. The van der Waals surface area contributed by atoms with Crippen molar-refractivity contribution in [1.29, 1.82) is 0 Å². The van der Waals surface area contributed by atoms with E-state index in [1.165, 1.54) is 17.7 Å². The number of guanidine groups is 1. The molecule has 0 aliphatic heterocycles. The standard InChI is InChI=1S/C20H35N5O/c1-4-21-19(22-14-20(26)10-6-5-7-11-20)23-17-9-8-16-13-25(15(2)3)24-18(16)12-17/h13,15,17,26H,4-12,14H2,1-3H3,(H2,21,22,23). The maximum atomic E-state index is 10.7. The summed E-state index contributed by atoms with van der Waals surface area (Å²) in [5.74, 6) is 0.822. The quantitative estimate of drug-likeness (QED) is 0.557. The minimum absolute atomic E-state index is 0.344. The van der Waals surface area contributed by atoms with Gasteiger partial charge in [0.25, 0.3) is 0 Å². The fraction of sp³-hybridized carbons (Fsp3) is 0.800. The van der Waals surface area contributed by atoms with Gasteiger partial charge in [-0.25, -0.2) is 0 Å². The molecule has 0 spiro atoms. The average Bonchev–Trinajstić information content (AvgIpc) is 3.04. The molecular formula is C20H35N5O. The first kappa shape index (κ1) is 19.2. The van der Waals surface area contributed by atoms with Crippen LogP contribution in [0.5, 0.6) is 0 Å². The van der Waals surface area contributed by atoms with Crippen molar-refractivity contribution < 1.29 is 5.11 Å². The van der Waals surface area contributed by atoms with Gasteiger partial charge >= 0.3 is 0 Å². The van der Waals surface area contributed by atoms with E-state index in [-0.39, 0.29) is 0 Å². The molecule has 6 heteroatoms. The van der Waals surface area contributed by atoms with Crippen molar-refractivity contribution in [3.05, 3.63) is 17.5 Å². The molecule has 0 saturated heterocycles. The lowest BCUT2D eigenvalue weighted by molar-refractivity contribution is 0.0131. The number of nitrogens with one attached hydrogen (secondary N) is 2. The summed E-state index contributed by atoms with van der Waals surface area (Å²) in [7, 11) is 0. The number of hydrogen-bond acceptors (Lipinski definition) is 3. The molecule has 2 aliphatic carbocycles. The lowest BCUT2D eigenvalue weighted by atomic mass is 9.85. The summed E-state index contributed by atoms with van der Waals surface area (Å²) in [5, 5.41) is 22.4. The van der Waals surface area contributed by atoms with Gasteiger partial charge in [-0.2, -0.15) is 5.10 Å². The Bertz CT molecular complexity index is 616. The topological polar surface area (TPSA) is 74.5 Å². The Hall–Kier alpha value is -1.56. The van der Waals surface area contributed by atoms with E-state index in [9.17, 15) is 5.11 Å². The lowest BCUT2D eigenvalue weighted by Gasteiger charge is -2.31. The molecule has 0 radical (unpaired) electrons. The molecule has 1 unspecified atom stereocenters. The minimum Gasteiger partial charge on any atom is -0.388 e. The number of hydrogen-bond donors (Lipinski definition) is 3. The van der Waals surface area contributed by atoms with Gasteiger partial charge in [-0.3, -0.25) is 9.67 Å².